The lowest BCUT2D eigenvalue weighted by Gasteiger charge is -2.33. The van der Waals surface area contributed by atoms with Crippen molar-refractivity contribution >= 4 is 27.5 Å². The van der Waals surface area contributed by atoms with E-state index in [-0.39, 0.29) is 11.8 Å². The summed E-state index contributed by atoms with van der Waals surface area (Å²) in [6.07, 6.45) is 1.92. The van der Waals surface area contributed by atoms with Crippen LogP contribution in [0.3, 0.4) is 0 Å². The van der Waals surface area contributed by atoms with Crippen LogP contribution in [0, 0.1) is 5.92 Å². The molecule has 0 saturated carbocycles. The lowest BCUT2D eigenvalue weighted by Crippen LogP contribution is -2.41. The van der Waals surface area contributed by atoms with Gasteiger partial charge in [-0.2, -0.15) is 0 Å². The number of hydrogen-bond donors (Lipinski definition) is 2. The van der Waals surface area contributed by atoms with Crippen LogP contribution in [-0.4, -0.2) is 25.0 Å². The Kier molecular flexibility index (Phi) is 5.65. The highest BCUT2D eigenvalue weighted by Crippen LogP contribution is 2.28. The van der Waals surface area contributed by atoms with Crippen LogP contribution in [0.2, 0.25) is 0 Å². The van der Waals surface area contributed by atoms with E-state index in [1.165, 1.54) is 5.56 Å². The number of amides is 1. The third-order valence-corrected chi connectivity index (χ3v) is 4.66. The van der Waals surface area contributed by atoms with Crippen molar-refractivity contribution in [3.8, 4) is 0 Å². The highest BCUT2D eigenvalue weighted by molar-refractivity contribution is 9.10. The maximum absolute atomic E-state index is 11.4. The zero-order valence-corrected chi connectivity index (χ0v) is 14.3. The molecule has 1 saturated heterocycles. The topological polar surface area (TPSA) is 58.4 Å². The molecule has 5 heteroatoms. The largest absolute Gasteiger partial charge is 0.371 e. The maximum atomic E-state index is 11.4. The molecule has 0 radical (unpaired) electrons. The van der Waals surface area contributed by atoms with Crippen LogP contribution in [0.15, 0.2) is 22.7 Å². The lowest BCUT2D eigenvalue weighted by atomic mass is 9.97. The van der Waals surface area contributed by atoms with E-state index in [1.54, 1.807) is 0 Å². The summed E-state index contributed by atoms with van der Waals surface area (Å²) >= 11 is 3.65. The van der Waals surface area contributed by atoms with Crippen LogP contribution in [-0.2, 0) is 11.3 Å². The van der Waals surface area contributed by atoms with Crippen molar-refractivity contribution in [1.82, 2.24) is 5.32 Å². The lowest BCUT2D eigenvalue weighted by molar-refractivity contribution is -0.122. The first-order chi connectivity index (χ1) is 9.97. The second-order valence-corrected chi connectivity index (χ2v) is 6.85. The number of anilines is 1. The van der Waals surface area contributed by atoms with Gasteiger partial charge in [0.25, 0.3) is 0 Å². The zero-order valence-electron chi connectivity index (χ0n) is 12.7. The first kappa shape index (κ1) is 16.3. The molecule has 1 aliphatic heterocycles. The molecule has 1 amide bonds. The number of carbonyl (C=O) groups excluding carboxylic acids is 1. The number of halogens is 1. The van der Waals surface area contributed by atoms with Gasteiger partial charge in [0.15, 0.2) is 0 Å². The number of piperidine rings is 1. The van der Waals surface area contributed by atoms with E-state index in [0.29, 0.717) is 6.04 Å². The average molecular weight is 354 g/mol. The third-order valence-electron chi connectivity index (χ3n) is 3.93. The number of hydrogen-bond acceptors (Lipinski definition) is 3. The van der Waals surface area contributed by atoms with Gasteiger partial charge in [-0.3, -0.25) is 4.79 Å². The fourth-order valence-corrected chi connectivity index (χ4v) is 3.14. The summed E-state index contributed by atoms with van der Waals surface area (Å²) < 4.78 is 1.11. The SMILES string of the molecule is CC(C)NCc1ccc(N2CCCC(C(N)=O)C2)cc1Br. The fourth-order valence-electron chi connectivity index (χ4n) is 2.63. The van der Waals surface area contributed by atoms with Gasteiger partial charge in [-0.15, -0.1) is 0 Å². The summed E-state index contributed by atoms with van der Waals surface area (Å²) in [5.74, 6) is -0.212. The second kappa shape index (κ2) is 7.27. The van der Waals surface area contributed by atoms with Gasteiger partial charge in [-0.25, -0.2) is 0 Å². The van der Waals surface area contributed by atoms with Gasteiger partial charge in [0, 0.05) is 35.8 Å². The number of carbonyl (C=O) groups is 1. The van der Waals surface area contributed by atoms with Gasteiger partial charge in [0.2, 0.25) is 5.91 Å². The molecule has 1 fully saturated rings. The molecule has 0 aliphatic carbocycles. The van der Waals surface area contributed by atoms with Crippen molar-refractivity contribution < 1.29 is 4.79 Å². The molecular weight excluding hydrogens is 330 g/mol. The van der Waals surface area contributed by atoms with Gasteiger partial charge >= 0.3 is 0 Å². The van der Waals surface area contributed by atoms with Crippen LogP contribution in [0.1, 0.15) is 32.3 Å². The van der Waals surface area contributed by atoms with E-state index in [1.807, 2.05) is 0 Å². The minimum atomic E-state index is -0.184. The van der Waals surface area contributed by atoms with E-state index < -0.39 is 0 Å². The Balaban J connectivity index is 2.07. The summed E-state index contributed by atoms with van der Waals surface area (Å²) in [7, 11) is 0. The summed E-state index contributed by atoms with van der Waals surface area (Å²) in [6, 6.07) is 6.88. The molecule has 1 unspecified atom stereocenters. The number of nitrogens with two attached hydrogens (primary N) is 1. The molecule has 21 heavy (non-hydrogen) atoms. The summed E-state index contributed by atoms with van der Waals surface area (Å²) in [6.45, 7) is 6.84. The molecule has 1 heterocycles. The highest BCUT2D eigenvalue weighted by Gasteiger charge is 2.24. The molecular formula is C16H24BrN3O. The summed E-state index contributed by atoms with van der Waals surface area (Å²) in [5, 5.41) is 3.42. The minimum absolute atomic E-state index is 0.0280. The van der Waals surface area contributed by atoms with Crippen molar-refractivity contribution in [1.29, 1.82) is 0 Å². The van der Waals surface area contributed by atoms with E-state index in [9.17, 15) is 4.79 Å². The number of rotatable bonds is 5. The number of primary amides is 1. The van der Waals surface area contributed by atoms with Crippen molar-refractivity contribution in [2.45, 2.75) is 39.3 Å². The van der Waals surface area contributed by atoms with Crippen LogP contribution < -0.4 is 16.0 Å². The van der Waals surface area contributed by atoms with Crippen molar-refractivity contribution in [2.24, 2.45) is 11.7 Å². The highest BCUT2D eigenvalue weighted by atomic mass is 79.9. The van der Waals surface area contributed by atoms with E-state index in [2.05, 4.69) is 58.2 Å². The molecule has 116 valence electrons. The first-order valence-corrected chi connectivity index (χ1v) is 8.32. The Hall–Kier alpha value is -1.07. The standard InChI is InChI=1S/C16H24BrN3O/c1-11(2)19-9-12-5-6-14(8-15(12)17)20-7-3-4-13(10-20)16(18)21/h5-6,8,11,13,19H,3-4,7,9-10H2,1-2H3,(H2,18,21). The normalized spacial score (nSPS) is 19.0. The molecule has 1 aromatic rings. The smallest absolute Gasteiger partial charge is 0.222 e. The Morgan fingerprint density at radius 2 is 2.29 bits per heavy atom. The Morgan fingerprint density at radius 3 is 2.90 bits per heavy atom. The molecule has 1 atom stereocenters. The van der Waals surface area contributed by atoms with E-state index >= 15 is 0 Å². The third kappa shape index (κ3) is 4.45. The maximum Gasteiger partial charge on any atom is 0.222 e. The van der Waals surface area contributed by atoms with Gasteiger partial charge in [0.05, 0.1) is 5.92 Å². The Bertz CT molecular complexity index is 504. The molecule has 0 spiro atoms. The number of nitrogens with one attached hydrogen (secondary N) is 1. The van der Waals surface area contributed by atoms with E-state index in [0.717, 1.165) is 42.6 Å². The second-order valence-electron chi connectivity index (χ2n) is 6.00. The van der Waals surface area contributed by atoms with Crippen molar-refractivity contribution in [3.05, 3.63) is 28.2 Å². The van der Waals surface area contributed by atoms with Gasteiger partial charge < -0.3 is 16.0 Å². The predicted octanol–water partition coefficient (Wildman–Crippen LogP) is 2.65. The first-order valence-electron chi connectivity index (χ1n) is 7.53. The summed E-state index contributed by atoms with van der Waals surface area (Å²) in [5.41, 5.74) is 7.85. The Labute approximate surface area is 135 Å². The molecule has 1 aromatic carbocycles. The Morgan fingerprint density at radius 1 is 1.52 bits per heavy atom. The van der Waals surface area contributed by atoms with Crippen LogP contribution in [0.25, 0.3) is 0 Å². The summed E-state index contributed by atoms with van der Waals surface area (Å²) in [4.78, 5) is 13.6. The molecule has 1 aliphatic rings. The van der Waals surface area contributed by atoms with E-state index in [4.69, 9.17) is 5.73 Å². The number of benzene rings is 1. The van der Waals surface area contributed by atoms with Crippen LogP contribution >= 0.6 is 15.9 Å². The van der Waals surface area contributed by atoms with Gasteiger partial charge in [-0.1, -0.05) is 35.8 Å². The van der Waals surface area contributed by atoms with Crippen molar-refractivity contribution in [2.75, 3.05) is 18.0 Å². The van der Waals surface area contributed by atoms with Gasteiger partial charge in [0.1, 0.15) is 0 Å². The molecule has 0 bridgehead atoms. The molecule has 0 aromatic heterocycles. The van der Waals surface area contributed by atoms with Gasteiger partial charge in [-0.05, 0) is 30.5 Å². The zero-order chi connectivity index (χ0) is 15.4. The van der Waals surface area contributed by atoms with Crippen LogP contribution in [0.4, 0.5) is 5.69 Å². The molecule has 2 rings (SSSR count). The fraction of sp³-hybridized carbons (Fsp3) is 0.562. The molecule has 3 N–H and O–H groups in total. The monoisotopic (exact) mass is 353 g/mol. The molecule has 4 nitrogen and oxygen atoms in total. The predicted molar refractivity (Wildman–Crippen MR) is 90.2 cm³/mol. The quantitative estimate of drug-likeness (QED) is 0.855. The van der Waals surface area contributed by atoms with Crippen molar-refractivity contribution in [3.63, 3.8) is 0 Å². The minimum Gasteiger partial charge on any atom is -0.371 e. The average Bonchev–Trinajstić information content (AvgIpc) is 2.46. The number of nitrogens with zero attached hydrogens (tertiary/aromatic N) is 1. The van der Waals surface area contributed by atoms with Crippen LogP contribution in [0.5, 0.6) is 0 Å².